The summed E-state index contributed by atoms with van der Waals surface area (Å²) in [4.78, 5) is 2.06. The zero-order valence-electron chi connectivity index (χ0n) is 12.1. The third kappa shape index (κ3) is 4.90. The van der Waals surface area contributed by atoms with Crippen molar-refractivity contribution >= 4 is 5.69 Å². The lowest BCUT2D eigenvalue weighted by Gasteiger charge is -2.20. The number of hydrogen-bond donors (Lipinski definition) is 1. The second-order valence-electron chi connectivity index (χ2n) is 4.36. The maximum atomic E-state index is 9.26. The van der Waals surface area contributed by atoms with Crippen LogP contribution in [0.5, 0.6) is 0 Å². The van der Waals surface area contributed by atoms with Gasteiger partial charge in [0.05, 0.1) is 17.9 Å². The Hall–Kier alpha value is -1.57. The lowest BCUT2D eigenvalue weighted by atomic mass is 10.1. The molecule has 0 amide bonds. The molecule has 0 aliphatic rings. The monoisotopic (exact) mass is 261 g/mol. The molecule has 0 unspecified atom stereocenters. The van der Waals surface area contributed by atoms with E-state index in [9.17, 15) is 5.26 Å². The highest BCUT2D eigenvalue weighted by Gasteiger charge is 2.08. The van der Waals surface area contributed by atoms with Crippen molar-refractivity contribution in [2.45, 2.75) is 20.4 Å². The Morgan fingerprint density at radius 1 is 1.37 bits per heavy atom. The summed E-state index contributed by atoms with van der Waals surface area (Å²) in [5, 5.41) is 12.5. The summed E-state index contributed by atoms with van der Waals surface area (Å²) in [6.45, 7) is 7.97. The Labute approximate surface area is 116 Å². The third-order valence-electron chi connectivity index (χ3n) is 2.95. The molecule has 0 saturated heterocycles. The zero-order chi connectivity index (χ0) is 14.1. The normalized spacial score (nSPS) is 10.2. The van der Waals surface area contributed by atoms with Crippen molar-refractivity contribution in [2.75, 3.05) is 38.3 Å². The van der Waals surface area contributed by atoms with Gasteiger partial charge in [-0.15, -0.1) is 0 Å². The minimum Gasteiger partial charge on any atom is -0.380 e. The van der Waals surface area contributed by atoms with Gasteiger partial charge in [0.25, 0.3) is 0 Å². The molecule has 0 heterocycles. The van der Waals surface area contributed by atoms with Crippen LogP contribution >= 0.6 is 0 Å². The number of anilines is 1. The molecule has 104 valence electrons. The third-order valence-corrected chi connectivity index (χ3v) is 2.95. The van der Waals surface area contributed by atoms with Crippen LogP contribution in [0.25, 0.3) is 0 Å². The number of nitrogens with zero attached hydrogens (tertiary/aromatic N) is 2. The van der Waals surface area contributed by atoms with Crippen molar-refractivity contribution in [3.8, 4) is 6.07 Å². The van der Waals surface area contributed by atoms with Crippen LogP contribution in [0.1, 0.15) is 25.0 Å². The van der Waals surface area contributed by atoms with Crippen molar-refractivity contribution in [2.24, 2.45) is 0 Å². The number of benzene rings is 1. The van der Waals surface area contributed by atoms with Gasteiger partial charge in [0.1, 0.15) is 6.07 Å². The smallest absolute Gasteiger partial charge is 0.101 e. The summed E-state index contributed by atoms with van der Waals surface area (Å²) in [6.07, 6.45) is 0. The molecule has 0 aromatic heterocycles. The highest BCUT2D eigenvalue weighted by Crippen LogP contribution is 2.20. The van der Waals surface area contributed by atoms with Crippen LogP contribution in [0.15, 0.2) is 18.2 Å². The highest BCUT2D eigenvalue weighted by atomic mass is 16.5. The first kappa shape index (κ1) is 15.5. The maximum Gasteiger partial charge on any atom is 0.101 e. The fourth-order valence-electron chi connectivity index (χ4n) is 1.85. The van der Waals surface area contributed by atoms with E-state index in [0.717, 1.165) is 43.1 Å². The number of rotatable bonds is 8. The Morgan fingerprint density at radius 3 is 2.79 bits per heavy atom. The predicted molar refractivity (Wildman–Crippen MR) is 78.3 cm³/mol. The molecular formula is C15H23N3O. The highest BCUT2D eigenvalue weighted by molar-refractivity contribution is 5.60. The van der Waals surface area contributed by atoms with Crippen LogP contribution in [-0.2, 0) is 11.3 Å². The predicted octanol–water partition coefficient (Wildman–Crippen LogP) is 2.14. The molecule has 1 N–H and O–H groups in total. The molecule has 0 saturated carbocycles. The van der Waals surface area contributed by atoms with E-state index in [-0.39, 0.29) is 0 Å². The van der Waals surface area contributed by atoms with Crippen molar-refractivity contribution in [3.63, 3.8) is 0 Å². The van der Waals surface area contributed by atoms with Crippen LogP contribution in [0.2, 0.25) is 0 Å². The summed E-state index contributed by atoms with van der Waals surface area (Å²) in [7, 11) is 1.99. The fourth-order valence-corrected chi connectivity index (χ4v) is 1.85. The van der Waals surface area contributed by atoms with E-state index in [0.29, 0.717) is 6.61 Å². The molecule has 0 aliphatic carbocycles. The number of hydrogen-bond acceptors (Lipinski definition) is 4. The Bertz CT molecular complexity index is 426. The van der Waals surface area contributed by atoms with Crippen LogP contribution in [0.3, 0.4) is 0 Å². The number of likely N-dealkylation sites (N-methyl/N-ethyl adjacent to an activating group) is 1. The van der Waals surface area contributed by atoms with Crippen LogP contribution in [0, 0.1) is 11.3 Å². The first-order valence-corrected chi connectivity index (χ1v) is 6.75. The van der Waals surface area contributed by atoms with Crippen molar-refractivity contribution in [3.05, 3.63) is 29.3 Å². The van der Waals surface area contributed by atoms with Gasteiger partial charge in [-0.2, -0.15) is 5.26 Å². The zero-order valence-corrected chi connectivity index (χ0v) is 12.1. The van der Waals surface area contributed by atoms with E-state index in [1.165, 1.54) is 0 Å². The molecule has 19 heavy (non-hydrogen) atoms. The van der Waals surface area contributed by atoms with Crippen molar-refractivity contribution < 1.29 is 4.74 Å². The van der Waals surface area contributed by atoms with Gasteiger partial charge in [0, 0.05) is 26.7 Å². The minimum atomic E-state index is 0.678. The lowest BCUT2D eigenvalue weighted by molar-refractivity contribution is 0.154. The van der Waals surface area contributed by atoms with E-state index >= 15 is 0 Å². The summed E-state index contributed by atoms with van der Waals surface area (Å²) in [5.41, 5.74) is 2.82. The molecule has 0 bridgehead atoms. The summed E-state index contributed by atoms with van der Waals surface area (Å²) in [5.74, 6) is 0. The first-order valence-electron chi connectivity index (χ1n) is 6.75. The summed E-state index contributed by atoms with van der Waals surface area (Å²) >= 11 is 0. The van der Waals surface area contributed by atoms with Crippen molar-refractivity contribution in [1.29, 1.82) is 5.26 Å². The molecule has 0 radical (unpaired) electrons. The average molecular weight is 261 g/mol. The average Bonchev–Trinajstić information content (AvgIpc) is 2.44. The number of nitriles is 1. The van der Waals surface area contributed by atoms with E-state index in [1.54, 1.807) is 0 Å². The molecule has 0 fully saturated rings. The molecule has 1 aromatic rings. The van der Waals surface area contributed by atoms with E-state index in [2.05, 4.69) is 29.3 Å². The second kappa shape index (κ2) is 8.52. The van der Waals surface area contributed by atoms with Gasteiger partial charge < -0.3 is 15.0 Å². The topological polar surface area (TPSA) is 48.3 Å². The number of ether oxygens (including phenoxy) is 1. The molecule has 4 heteroatoms. The summed E-state index contributed by atoms with van der Waals surface area (Å²) < 4.78 is 5.34. The van der Waals surface area contributed by atoms with Crippen molar-refractivity contribution in [1.82, 2.24) is 5.32 Å². The molecule has 1 rings (SSSR count). The number of nitrogens with one attached hydrogen (secondary N) is 1. The summed E-state index contributed by atoms with van der Waals surface area (Å²) in [6, 6.07) is 8.30. The van der Waals surface area contributed by atoms with Gasteiger partial charge in [-0.25, -0.2) is 0 Å². The van der Waals surface area contributed by atoms with Gasteiger partial charge in [-0.1, -0.05) is 13.0 Å². The van der Waals surface area contributed by atoms with E-state index < -0.39 is 0 Å². The van der Waals surface area contributed by atoms with Gasteiger partial charge in [-0.3, -0.25) is 0 Å². The molecular weight excluding hydrogens is 238 g/mol. The largest absolute Gasteiger partial charge is 0.380 e. The Morgan fingerprint density at radius 2 is 2.16 bits per heavy atom. The van der Waals surface area contributed by atoms with Gasteiger partial charge in [0.15, 0.2) is 0 Å². The van der Waals surface area contributed by atoms with Crippen LogP contribution in [0.4, 0.5) is 5.69 Å². The molecule has 0 atom stereocenters. The molecule has 1 aromatic carbocycles. The molecule has 4 nitrogen and oxygen atoms in total. The Kier molecular flexibility index (Phi) is 6.94. The molecule has 0 aliphatic heterocycles. The van der Waals surface area contributed by atoms with Crippen LogP contribution in [-0.4, -0.2) is 33.4 Å². The Balaban J connectivity index is 2.75. The lowest BCUT2D eigenvalue weighted by Crippen LogP contribution is -2.23. The van der Waals surface area contributed by atoms with E-state index in [4.69, 9.17) is 4.74 Å². The maximum absolute atomic E-state index is 9.26. The van der Waals surface area contributed by atoms with Gasteiger partial charge in [0.2, 0.25) is 0 Å². The SMILES string of the molecule is CCNCc1ccc(N(C)CCOCC)c(C#N)c1. The van der Waals surface area contributed by atoms with E-state index in [1.807, 2.05) is 26.1 Å². The first-order chi connectivity index (χ1) is 9.22. The second-order valence-corrected chi connectivity index (χ2v) is 4.36. The van der Waals surface area contributed by atoms with Gasteiger partial charge in [-0.05, 0) is 31.2 Å². The minimum absolute atomic E-state index is 0.678. The van der Waals surface area contributed by atoms with Gasteiger partial charge >= 0.3 is 0 Å². The standard InChI is InChI=1S/C15H23N3O/c1-4-17-12-13-6-7-15(14(10-13)11-16)18(3)8-9-19-5-2/h6-7,10,17H,4-5,8-9,12H2,1-3H3. The fraction of sp³-hybridized carbons (Fsp3) is 0.533. The van der Waals surface area contributed by atoms with Crippen LogP contribution < -0.4 is 10.2 Å². The quantitative estimate of drug-likeness (QED) is 0.728. The molecule has 0 spiro atoms.